The lowest BCUT2D eigenvalue weighted by atomic mass is 10.6. The van der Waals surface area contributed by atoms with E-state index in [0.29, 0.717) is 0 Å². The fourth-order valence-corrected chi connectivity index (χ4v) is 2.52. The van der Waals surface area contributed by atoms with Crippen molar-refractivity contribution in [2.24, 2.45) is 0 Å². The van der Waals surface area contributed by atoms with E-state index in [2.05, 4.69) is 41.9 Å². The maximum absolute atomic E-state index is 4.28. The van der Waals surface area contributed by atoms with Crippen LogP contribution in [0.5, 0.6) is 0 Å². The van der Waals surface area contributed by atoms with Crippen molar-refractivity contribution in [3.8, 4) is 0 Å². The van der Waals surface area contributed by atoms with Crippen LogP contribution in [0.4, 0.5) is 0 Å². The van der Waals surface area contributed by atoms with Gasteiger partial charge < -0.3 is 0 Å². The lowest BCUT2D eigenvalue weighted by Gasteiger charge is -1.83. The standard InChI is InChI=1S/C5H3Br2N3S/c1-2-3(6)10-5(8-2)11-4(7)9-10/h1H3. The van der Waals surface area contributed by atoms with Crippen molar-refractivity contribution in [2.75, 3.05) is 0 Å². The Hall–Kier alpha value is 0.0600. The number of aryl methyl sites for hydroxylation is 1. The number of aromatic nitrogens is 3. The molecule has 0 aliphatic rings. The molecule has 0 saturated heterocycles. The van der Waals surface area contributed by atoms with Crippen molar-refractivity contribution in [3.05, 3.63) is 14.2 Å². The van der Waals surface area contributed by atoms with Crippen LogP contribution in [0.15, 0.2) is 8.52 Å². The third kappa shape index (κ3) is 1.13. The molecule has 2 heterocycles. The summed E-state index contributed by atoms with van der Waals surface area (Å²) in [6, 6.07) is 0. The minimum atomic E-state index is 0.848. The monoisotopic (exact) mass is 295 g/mol. The van der Waals surface area contributed by atoms with Crippen molar-refractivity contribution in [1.82, 2.24) is 14.6 Å². The first-order valence-corrected chi connectivity index (χ1v) is 5.26. The lowest BCUT2D eigenvalue weighted by molar-refractivity contribution is 0.933. The molecule has 58 valence electrons. The number of nitrogens with zero attached hydrogens (tertiary/aromatic N) is 3. The molecule has 0 N–H and O–H groups in total. The van der Waals surface area contributed by atoms with E-state index in [1.165, 1.54) is 11.3 Å². The van der Waals surface area contributed by atoms with Gasteiger partial charge in [0.15, 0.2) is 3.92 Å². The van der Waals surface area contributed by atoms with Crippen LogP contribution in [0, 0.1) is 6.92 Å². The SMILES string of the molecule is Cc1nc2sc(Br)nn2c1Br. The van der Waals surface area contributed by atoms with E-state index in [4.69, 9.17) is 0 Å². The molecule has 0 spiro atoms. The van der Waals surface area contributed by atoms with Gasteiger partial charge in [-0.3, -0.25) is 0 Å². The van der Waals surface area contributed by atoms with Gasteiger partial charge in [-0.2, -0.15) is 4.52 Å². The van der Waals surface area contributed by atoms with Crippen molar-refractivity contribution in [3.63, 3.8) is 0 Å². The number of halogens is 2. The zero-order chi connectivity index (χ0) is 8.01. The van der Waals surface area contributed by atoms with Gasteiger partial charge in [-0.05, 0) is 38.8 Å². The maximum Gasteiger partial charge on any atom is 0.214 e. The Balaban J connectivity index is 2.88. The van der Waals surface area contributed by atoms with E-state index in [1.807, 2.05) is 6.92 Å². The zero-order valence-corrected chi connectivity index (χ0v) is 9.49. The highest BCUT2D eigenvalue weighted by molar-refractivity contribution is 9.11. The first-order valence-electron chi connectivity index (χ1n) is 2.85. The van der Waals surface area contributed by atoms with Crippen LogP contribution in [-0.2, 0) is 0 Å². The van der Waals surface area contributed by atoms with Crippen molar-refractivity contribution >= 4 is 48.2 Å². The van der Waals surface area contributed by atoms with Gasteiger partial charge in [0.25, 0.3) is 0 Å². The predicted octanol–water partition coefficient (Wildman–Crippen LogP) is 2.62. The largest absolute Gasteiger partial charge is 0.222 e. The molecule has 2 aromatic heterocycles. The van der Waals surface area contributed by atoms with Gasteiger partial charge in [0.1, 0.15) is 4.60 Å². The lowest BCUT2D eigenvalue weighted by Crippen LogP contribution is -1.82. The predicted molar refractivity (Wildman–Crippen MR) is 51.0 cm³/mol. The summed E-state index contributed by atoms with van der Waals surface area (Å²) < 4.78 is 3.54. The van der Waals surface area contributed by atoms with E-state index in [0.717, 1.165) is 19.2 Å². The fourth-order valence-electron chi connectivity index (χ4n) is 0.801. The zero-order valence-electron chi connectivity index (χ0n) is 5.51. The highest BCUT2D eigenvalue weighted by Gasteiger charge is 2.09. The molecule has 2 aromatic rings. The summed E-state index contributed by atoms with van der Waals surface area (Å²) in [4.78, 5) is 5.18. The molecule has 0 amide bonds. The Kier molecular flexibility index (Phi) is 1.77. The summed E-state index contributed by atoms with van der Waals surface area (Å²) in [5.41, 5.74) is 0.969. The molecule has 0 radical (unpaired) electrons. The van der Waals surface area contributed by atoms with E-state index in [9.17, 15) is 0 Å². The average Bonchev–Trinajstić information content (AvgIpc) is 2.37. The highest BCUT2D eigenvalue weighted by Crippen LogP contribution is 2.24. The second-order valence-corrected chi connectivity index (χ2v) is 5.02. The van der Waals surface area contributed by atoms with Gasteiger partial charge in [0, 0.05) is 0 Å². The van der Waals surface area contributed by atoms with Crippen molar-refractivity contribution in [2.45, 2.75) is 6.92 Å². The summed E-state index contributed by atoms with van der Waals surface area (Å²) in [6.45, 7) is 1.94. The van der Waals surface area contributed by atoms with Crippen molar-refractivity contribution in [1.29, 1.82) is 0 Å². The third-order valence-corrected chi connectivity index (χ3v) is 3.53. The topological polar surface area (TPSA) is 30.2 Å². The quantitative estimate of drug-likeness (QED) is 0.748. The summed E-state index contributed by atoms with van der Waals surface area (Å²) >= 11 is 8.19. The fraction of sp³-hybridized carbons (Fsp3) is 0.200. The molecule has 11 heavy (non-hydrogen) atoms. The van der Waals surface area contributed by atoms with Gasteiger partial charge >= 0.3 is 0 Å². The maximum atomic E-state index is 4.28. The van der Waals surface area contributed by atoms with E-state index in [1.54, 1.807) is 4.52 Å². The van der Waals surface area contributed by atoms with Crippen LogP contribution in [0.25, 0.3) is 4.96 Å². The second kappa shape index (κ2) is 2.53. The molecule has 0 aromatic carbocycles. The minimum Gasteiger partial charge on any atom is -0.222 e. The summed E-state index contributed by atoms with van der Waals surface area (Å²) in [6.07, 6.45) is 0. The molecule has 0 aliphatic carbocycles. The minimum absolute atomic E-state index is 0.848. The number of imidazole rings is 1. The average molecular weight is 297 g/mol. The molecule has 0 aliphatic heterocycles. The number of hydrogen-bond acceptors (Lipinski definition) is 3. The second-order valence-electron chi connectivity index (χ2n) is 2.04. The van der Waals surface area contributed by atoms with Gasteiger partial charge in [-0.25, -0.2) is 4.98 Å². The van der Waals surface area contributed by atoms with Crippen LogP contribution >= 0.6 is 43.2 Å². The van der Waals surface area contributed by atoms with Gasteiger partial charge in [-0.1, -0.05) is 11.3 Å². The summed E-state index contributed by atoms with van der Waals surface area (Å²) in [5.74, 6) is 0. The Labute approximate surface area is 83.7 Å². The molecule has 3 nitrogen and oxygen atoms in total. The number of rotatable bonds is 0. The highest BCUT2D eigenvalue weighted by atomic mass is 79.9. The Morgan fingerprint density at radius 1 is 1.45 bits per heavy atom. The van der Waals surface area contributed by atoms with E-state index in [-0.39, 0.29) is 0 Å². The Morgan fingerprint density at radius 3 is 2.82 bits per heavy atom. The molecule has 2 rings (SSSR count). The smallest absolute Gasteiger partial charge is 0.214 e. The normalized spacial score (nSPS) is 11.2. The van der Waals surface area contributed by atoms with E-state index >= 15 is 0 Å². The van der Waals surface area contributed by atoms with Gasteiger partial charge in [0.2, 0.25) is 4.96 Å². The van der Waals surface area contributed by atoms with Crippen LogP contribution in [0.3, 0.4) is 0 Å². The number of hydrogen-bond donors (Lipinski definition) is 0. The molecule has 0 fully saturated rings. The molecule has 6 heteroatoms. The Morgan fingerprint density at radius 2 is 2.18 bits per heavy atom. The number of fused-ring (bicyclic) bond motifs is 1. The molecule has 0 atom stereocenters. The van der Waals surface area contributed by atoms with Crippen LogP contribution in [0.1, 0.15) is 5.69 Å². The summed E-state index contributed by atoms with van der Waals surface area (Å²) in [5, 5.41) is 4.18. The van der Waals surface area contributed by atoms with E-state index < -0.39 is 0 Å². The molecular formula is C5H3Br2N3S. The summed E-state index contributed by atoms with van der Waals surface area (Å²) in [7, 11) is 0. The third-order valence-electron chi connectivity index (χ3n) is 1.28. The molecule has 0 bridgehead atoms. The van der Waals surface area contributed by atoms with Crippen LogP contribution < -0.4 is 0 Å². The molecule has 0 saturated carbocycles. The first kappa shape index (κ1) is 7.70. The van der Waals surface area contributed by atoms with Gasteiger partial charge in [0.05, 0.1) is 5.69 Å². The van der Waals surface area contributed by atoms with Gasteiger partial charge in [-0.15, -0.1) is 5.10 Å². The Bertz CT molecular complexity index is 405. The van der Waals surface area contributed by atoms with Crippen molar-refractivity contribution < 1.29 is 0 Å². The van der Waals surface area contributed by atoms with Crippen LogP contribution in [-0.4, -0.2) is 14.6 Å². The van der Waals surface area contributed by atoms with Crippen LogP contribution in [0.2, 0.25) is 0 Å². The first-order chi connectivity index (χ1) is 5.18. The molecular weight excluding hydrogens is 294 g/mol. The molecule has 0 unspecified atom stereocenters.